The third-order valence-electron chi connectivity index (χ3n) is 5.71. The molecule has 1 rings (SSSR count). The maximum atomic E-state index is 10.9. The van der Waals surface area contributed by atoms with E-state index >= 15 is 0 Å². The Morgan fingerprint density at radius 2 is 1.26 bits per heavy atom. The molecule has 0 saturated heterocycles. The van der Waals surface area contributed by atoms with Crippen molar-refractivity contribution < 1.29 is 13.8 Å². The lowest BCUT2D eigenvalue weighted by Gasteiger charge is -2.41. The van der Waals surface area contributed by atoms with Crippen LogP contribution in [0.3, 0.4) is 0 Å². The number of nitrogens with zero attached hydrogens (tertiary/aromatic N) is 1. The summed E-state index contributed by atoms with van der Waals surface area (Å²) in [5.41, 5.74) is 0.900. The predicted molar refractivity (Wildman–Crippen MR) is 118 cm³/mol. The smallest absolute Gasteiger partial charge is 0.269 e. The first-order chi connectivity index (χ1) is 12.0. The Hall–Kier alpha value is -1.61. The molecule has 1 aromatic carbocycles. The maximum absolute atomic E-state index is 10.9. The highest BCUT2D eigenvalue weighted by Crippen LogP contribution is 2.42. The van der Waals surface area contributed by atoms with Gasteiger partial charge >= 0.3 is 0 Å². The second-order valence-electron chi connectivity index (χ2n) is 10.0. The van der Waals surface area contributed by atoms with Crippen LogP contribution in [0, 0.1) is 10.1 Å². The molecule has 0 aliphatic rings. The number of nitro benzene ring substituents is 1. The highest BCUT2D eigenvalue weighted by molar-refractivity contribution is 6.75. The van der Waals surface area contributed by atoms with E-state index in [9.17, 15) is 10.1 Å². The molecule has 0 N–H and O–H groups in total. The van der Waals surface area contributed by atoms with Crippen molar-refractivity contribution in [2.75, 3.05) is 0 Å². The van der Waals surface area contributed by atoms with E-state index in [1.54, 1.807) is 12.1 Å². The van der Waals surface area contributed by atoms with E-state index in [0.29, 0.717) is 5.95 Å². The molecule has 0 fully saturated rings. The average Bonchev–Trinajstić information content (AvgIpc) is 2.44. The van der Waals surface area contributed by atoms with Gasteiger partial charge in [0.2, 0.25) is 0 Å². The highest BCUT2D eigenvalue weighted by atomic mass is 28.4. The molecule has 0 spiro atoms. The third-order valence-corrected chi connectivity index (χ3v) is 14.4. The van der Waals surface area contributed by atoms with Gasteiger partial charge in [0, 0.05) is 18.2 Å². The molecule has 27 heavy (non-hydrogen) atoms. The van der Waals surface area contributed by atoms with E-state index in [4.69, 9.17) is 8.85 Å². The number of benzene rings is 1. The lowest BCUT2D eigenvalue weighted by atomic mass is 10.2. The van der Waals surface area contributed by atoms with Crippen LogP contribution in [0.5, 0.6) is 0 Å². The normalized spacial score (nSPS) is 13.1. The first kappa shape index (κ1) is 23.4. The van der Waals surface area contributed by atoms with Crippen molar-refractivity contribution in [2.24, 2.45) is 0 Å². The van der Waals surface area contributed by atoms with E-state index in [1.807, 2.05) is 6.08 Å². The minimum absolute atomic E-state index is 0.0400. The molecule has 5 nitrogen and oxygen atoms in total. The highest BCUT2D eigenvalue weighted by Gasteiger charge is 2.43. The van der Waals surface area contributed by atoms with Crippen molar-refractivity contribution >= 4 is 28.4 Å². The molecule has 0 aliphatic carbocycles. The lowest BCUT2D eigenvalue weighted by molar-refractivity contribution is -0.384. The van der Waals surface area contributed by atoms with Crippen molar-refractivity contribution in [3.63, 3.8) is 0 Å². The van der Waals surface area contributed by atoms with Gasteiger partial charge in [0.15, 0.2) is 0 Å². The third kappa shape index (κ3) is 6.21. The van der Waals surface area contributed by atoms with Gasteiger partial charge in [0.1, 0.15) is 0 Å². The maximum Gasteiger partial charge on any atom is 0.269 e. The molecular weight excluding hydrogens is 374 g/mol. The van der Waals surface area contributed by atoms with E-state index in [1.165, 1.54) is 12.1 Å². The minimum atomic E-state index is -2.09. The van der Waals surface area contributed by atoms with Crippen LogP contribution in [0.1, 0.15) is 47.1 Å². The zero-order valence-corrected chi connectivity index (χ0v) is 20.5. The van der Waals surface area contributed by atoms with Gasteiger partial charge in [0.05, 0.1) is 4.92 Å². The summed E-state index contributed by atoms with van der Waals surface area (Å²) >= 11 is 0. The van der Waals surface area contributed by atoms with Crippen LogP contribution < -0.4 is 0 Å². The molecule has 0 unspecified atom stereocenters. The Morgan fingerprint density at radius 1 is 0.889 bits per heavy atom. The molecule has 7 heteroatoms. The van der Waals surface area contributed by atoms with Crippen LogP contribution >= 0.6 is 0 Å². The first-order valence-electron chi connectivity index (χ1n) is 9.30. The minimum Gasteiger partial charge on any atom is -0.520 e. The van der Waals surface area contributed by atoms with Gasteiger partial charge in [-0.2, -0.15) is 0 Å². The van der Waals surface area contributed by atoms with Crippen LogP contribution in [0.25, 0.3) is 6.08 Å². The van der Waals surface area contributed by atoms with E-state index in [2.05, 4.69) is 67.7 Å². The second kappa shape index (κ2) is 7.79. The number of nitro groups is 1. The average molecular weight is 410 g/mol. The van der Waals surface area contributed by atoms with Gasteiger partial charge in [-0.05, 0) is 54.0 Å². The van der Waals surface area contributed by atoms with E-state index in [0.717, 1.165) is 5.56 Å². The fraction of sp³-hybridized carbons (Fsp3) is 0.600. The summed E-state index contributed by atoms with van der Waals surface area (Å²) in [7, 11) is -4.18. The Balaban J connectivity index is 3.30. The van der Waals surface area contributed by atoms with Crippen LogP contribution in [0.15, 0.2) is 30.2 Å². The Kier molecular flexibility index (Phi) is 6.76. The molecule has 0 bridgehead atoms. The zero-order valence-electron chi connectivity index (χ0n) is 18.5. The summed E-state index contributed by atoms with van der Waals surface area (Å²) in [6.07, 6.45) is 1.87. The molecule has 0 amide bonds. The van der Waals surface area contributed by atoms with Crippen molar-refractivity contribution in [3.8, 4) is 0 Å². The Morgan fingerprint density at radius 3 is 1.56 bits per heavy atom. The quantitative estimate of drug-likeness (QED) is 0.221. The van der Waals surface area contributed by atoms with Crippen molar-refractivity contribution in [1.29, 1.82) is 0 Å². The van der Waals surface area contributed by atoms with Crippen molar-refractivity contribution in [1.82, 2.24) is 0 Å². The Bertz CT molecular complexity index is 666. The molecule has 0 aromatic heterocycles. The van der Waals surface area contributed by atoms with Gasteiger partial charge in [-0.3, -0.25) is 10.1 Å². The van der Waals surface area contributed by atoms with Crippen molar-refractivity contribution in [3.05, 3.63) is 45.9 Å². The topological polar surface area (TPSA) is 61.6 Å². The summed E-state index contributed by atoms with van der Waals surface area (Å²) in [6, 6.07) is 6.45. The molecule has 0 saturated carbocycles. The number of hydrogen-bond donors (Lipinski definition) is 0. The summed E-state index contributed by atoms with van der Waals surface area (Å²) in [6.45, 7) is 21.9. The van der Waals surface area contributed by atoms with Crippen LogP contribution in [0.2, 0.25) is 36.3 Å². The zero-order chi connectivity index (χ0) is 21.3. The molecule has 152 valence electrons. The lowest BCUT2D eigenvalue weighted by Crippen LogP contribution is -2.45. The number of rotatable bonds is 6. The predicted octanol–water partition coefficient (Wildman–Crippen LogP) is 6.94. The molecule has 0 radical (unpaired) electrons. The standard InChI is InChI=1S/C20H35NO4Si2/c1-19(2,3)26(7,8)24-18(25-27(9,10)20(4,5)6)15-16-11-13-17(14-12-16)21(22)23/h11-15H,1-10H3. The number of hydrogen-bond acceptors (Lipinski definition) is 4. The molecule has 1 aromatic rings. The monoisotopic (exact) mass is 409 g/mol. The van der Waals surface area contributed by atoms with E-state index < -0.39 is 21.6 Å². The summed E-state index contributed by atoms with van der Waals surface area (Å²) in [5.74, 6) is 0.530. The summed E-state index contributed by atoms with van der Waals surface area (Å²) in [4.78, 5) is 10.5. The van der Waals surface area contributed by atoms with Gasteiger partial charge in [-0.15, -0.1) is 0 Å². The van der Waals surface area contributed by atoms with E-state index in [-0.39, 0.29) is 15.8 Å². The van der Waals surface area contributed by atoms with Gasteiger partial charge in [-0.25, -0.2) is 0 Å². The first-order valence-corrected chi connectivity index (χ1v) is 15.1. The molecule has 0 heterocycles. The fourth-order valence-corrected chi connectivity index (χ4v) is 3.62. The summed E-state index contributed by atoms with van der Waals surface area (Å²) < 4.78 is 13.0. The van der Waals surface area contributed by atoms with Gasteiger partial charge < -0.3 is 8.85 Å². The Labute approximate surface area is 166 Å². The second-order valence-corrected chi connectivity index (χ2v) is 19.5. The van der Waals surface area contributed by atoms with Crippen molar-refractivity contribution in [2.45, 2.75) is 77.8 Å². The summed E-state index contributed by atoms with van der Waals surface area (Å²) in [5, 5.41) is 11.0. The molecule has 0 atom stereocenters. The largest absolute Gasteiger partial charge is 0.520 e. The van der Waals surface area contributed by atoms with Gasteiger partial charge in [0.25, 0.3) is 28.3 Å². The number of non-ortho nitro benzene ring substituents is 1. The fourth-order valence-electron chi connectivity index (χ4n) is 1.72. The molecule has 0 aliphatic heterocycles. The SMILES string of the molecule is CC(C)(C)[Si](C)(C)OC(=Cc1ccc([N+](=O)[O-])cc1)O[Si](C)(C)C(C)(C)C. The van der Waals surface area contributed by atoms with Crippen LogP contribution in [0.4, 0.5) is 5.69 Å². The van der Waals surface area contributed by atoms with Crippen LogP contribution in [-0.4, -0.2) is 21.6 Å². The van der Waals surface area contributed by atoms with Crippen LogP contribution in [-0.2, 0) is 8.85 Å². The molecular formula is C20H35NO4Si2. The van der Waals surface area contributed by atoms with Gasteiger partial charge in [-0.1, -0.05) is 41.5 Å².